The first-order valence-corrected chi connectivity index (χ1v) is 7.92. The summed E-state index contributed by atoms with van der Waals surface area (Å²) in [6.07, 6.45) is 2.92. The first-order valence-electron chi connectivity index (χ1n) is 7.92. The predicted octanol–water partition coefficient (Wildman–Crippen LogP) is 1.53. The van der Waals surface area contributed by atoms with Crippen LogP contribution >= 0.6 is 0 Å². The van der Waals surface area contributed by atoms with Crippen LogP contribution in [0.15, 0.2) is 0 Å². The summed E-state index contributed by atoms with van der Waals surface area (Å²) in [5, 5.41) is 3.72. The molecule has 0 bridgehead atoms. The van der Waals surface area contributed by atoms with Crippen molar-refractivity contribution in [2.75, 3.05) is 20.3 Å². The van der Waals surface area contributed by atoms with Gasteiger partial charge in [-0.25, -0.2) is 0 Å². The fourth-order valence-corrected chi connectivity index (χ4v) is 4.76. The van der Waals surface area contributed by atoms with E-state index in [-0.39, 0.29) is 16.4 Å². The van der Waals surface area contributed by atoms with Crippen LogP contribution in [0.5, 0.6) is 0 Å². The molecule has 3 N–H and O–H groups in total. The molecule has 2 saturated carbocycles. The van der Waals surface area contributed by atoms with Gasteiger partial charge in [-0.3, -0.25) is 0 Å². The van der Waals surface area contributed by atoms with Gasteiger partial charge in [0.25, 0.3) is 0 Å². The van der Waals surface area contributed by atoms with Gasteiger partial charge in [0, 0.05) is 48.6 Å². The van der Waals surface area contributed by atoms with Gasteiger partial charge >= 0.3 is 0 Å². The summed E-state index contributed by atoms with van der Waals surface area (Å²) in [5.74, 6) is 0.520. The third-order valence-electron chi connectivity index (χ3n) is 6.77. The van der Waals surface area contributed by atoms with Gasteiger partial charge in [0.15, 0.2) is 0 Å². The molecule has 4 nitrogen and oxygen atoms in total. The van der Waals surface area contributed by atoms with E-state index in [0.717, 1.165) is 26.0 Å². The van der Waals surface area contributed by atoms with E-state index in [4.69, 9.17) is 15.2 Å². The van der Waals surface area contributed by atoms with E-state index in [9.17, 15) is 0 Å². The molecule has 1 saturated heterocycles. The smallest absolute Gasteiger partial charge is 0.0691 e. The fourth-order valence-electron chi connectivity index (χ4n) is 4.76. The maximum atomic E-state index is 6.77. The van der Waals surface area contributed by atoms with E-state index in [1.54, 1.807) is 0 Å². The molecular weight excluding hydrogens is 252 g/mol. The van der Waals surface area contributed by atoms with E-state index in [2.05, 4.69) is 33.0 Å². The molecule has 3 rings (SSSR count). The molecule has 3 fully saturated rings. The number of methoxy groups -OCH3 is 1. The lowest BCUT2D eigenvalue weighted by molar-refractivity contribution is -0.160. The molecule has 0 aromatic carbocycles. The average molecular weight is 282 g/mol. The second-order valence-corrected chi connectivity index (χ2v) is 8.16. The van der Waals surface area contributed by atoms with E-state index < -0.39 is 0 Å². The van der Waals surface area contributed by atoms with Gasteiger partial charge in [-0.1, -0.05) is 27.7 Å². The topological polar surface area (TPSA) is 56.5 Å². The average Bonchev–Trinajstić information content (AvgIpc) is 2.85. The molecule has 1 heterocycles. The maximum absolute atomic E-state index is 6.77. The summed E-state index contributed by atoms with van der Waals surface area (Å²) in [4.78, 5) is 0. The second kappa shape index (κ2) is 4.42. The van der Waals surface area contributed by atoms with Crippen molar-refractivity contribution in [3.63, 3.8) is 0 Å². The lowest BCUT2D eigenvalue weighted by Gasteiger charge is -2.63. The number of hydrogen-bond donors (Lipinski definition) is 2. The third-order valence-corrected chi connectivity index (χ3v) is 6.77. The molecule has 3 aliphatic rings. The third kappa shape index (κ3) is 1.68. The van der Waals surface area contributed by atoms with Gasteiger partial charge in [0.1, 0.15) is 0 Å². The maximum Gasteiger partial charge on any atom is 0.0691 e. The quantitative estimate of drug-likeness (QED) is 0.821. The predicted molar refractivity (Wildman–Crippen MR) is 79.5 cm³/mol. The van der Waals surface area contributed by atoms with Crippen molar-refractivity contribution >= 4 is 0 Å². The summed E-state index contributed by atoms with van der Waals surface area (Å²) in [6, 6.07) is 0.505. The van der Waals surface area contributed by atoms with Crippen LogP contribution in [0.1, 0.15) is 40.5 Å². The Morgan fingerprint density at radius 1 is 1.30 bits per heavy atom. The van der Waals surface area contributed by atoms with Crippen molar-refractivity contribution in [2.45, 2.75) is 64.3 Å². The highest BCUT2D eigenvalue weighted by Crippen LogP contribution is 2.58. The zero-order valence-electron chi connectivity index (χ0n) is 13.5. The number of rotatable bonds is 4. The molecule has 116 valence electrons. The van der Waals surface area contributed by atoms with Gasteiger partial charge in [-0.15, -0.1) is 0 Å². The summed E-state index contributed by atoms with van der Waals surface area (Å²) < 4.78 is 11.4. The lowest BCUT2D eigenvalue weighted by Crippen LogP contribution is -2.79. The van der Waals surface area contributed by atoms with Crippen molar-refractivity contribution in [2.24, 2.45) is 22.5 Å². The SMILES string of the molecule is COC1CC(NCC2(N)C3CCOC3C2(C)C)C1(C)C. The molecule has 1 aliphatic heterocycles. The first kappa shape index (κ1) is 14.8. The summed E-state index contributed by atoms with van der Waals surface area (Å²) in [5.41, 5.74) is 6.90. The van der Waals surface area contributed by atoms with Crippen molar-refractivity contribution in [3.05, 3.63) is 0 Å². The van der Waals surface area contributed by atoms with E-state index in [1.165, 1.54) is 0 Å². The Kier molecular flexibility index (Phi) is 3.26. The monoisotopic (exact) mass is 282 g/mol. The standard InChI is InChI=1S/C16H30N2O2/c1-14(2)11(8-12(14)19-5)18-9-16(17)10-6-7-20-13(10)15(16,3)4/h10-13,18H,6-9,17H2,1-5H3. The van der Waals surface area contributed by atoms with Crippen LogP contribution in [0.25, 0.3) is 0 Å². The highest BCUT2D eigenvalue weighted by Gasteiger charge is 2.67. The number of ether oxygens (including phenoxy) is 2. The zero-order valence-corrected chi connectivity index (χ0v) is 13.5. The Bertz CT molecular complexity index is 396. The minimum absolute atomic E-state index is 0.0652. The number of hydrogen-bond acceptors (Lipinski definition) is 4. The first-order chi connectivity index (χ1) is 9.25. The molecule has 0 amide bonds. The van der Waals surface area contributed by atoms with E-state index in [0.29, 0.717) is 24.2 Å². The Labute approximate surface area is 122 Å². The van der Waals surface area contributed by atoms with Crippen molar-refractivity contribution in [1.29, 1.82) is 0 Å². The van der Waals surface area contributed by atoms with Crippen molar-refractivity contribution in [1.82, 2.24) is 5.32 Å². The van der Waals surface area contributed by atoms with E-state index >= 15 is 0 Å². The zero-order chi connectivity index (χ0) is 14.8. The summed E-state index contributed by atoms with van der Waals surface area (Å²) in [7, 11) is 1.81. The van der Waals surface area contributed by atoms with Crippen LogP contribution < -0.4 is 11.1 Å². The molecular formula is C16H30N2O2. The minimum atomic E-state index is -0.137. The number of fused-ring (bicyclic) bond motifs is 1. The molecule has 0 aromatic heterocycles. The molecule has 5 atom stereocenters. The highest BCUT2D eigenvalue weighted by atomic mass is 16.5. The van der Waals surface area contributed by atoms with Crippen LogP contribution in [0, 0.1) is 16.7 Å². The molecule has 0 radical (unpaired) electrons. The Hall–Kier alpha value is -0.160. The summed E-state index contributed by atoms with van der Waals surface area (Å²) >= 11 is 0. The Morgan fingerprint density at radius 2 is 2.00 bits per heavy atom. The van der Waals surface area contributed by atoms with Gasteiger partial charge in [-0.2, -0.15) is 0 Å². The van der Waals surface area contributed by atoms with Crippen LogP contribution in [0.4, 0.5) is 0 Å². The molecule has 2 aliphatic carbocycles. The van der Waals surface area contributed by atoms with E-state index in [1.807, 2.05) is 7.11 Å². The molecule has 4 heteroatoms. The van der Waals surface area contributed by atoms with Crippen molar-refractivity contribution < 1.29 is 9.47 Å². The fraction of sp³-hybridized carbons (Fsp3) is 1.00. The van der Waals surface area contributed by atoms with Crippen molar-refractivity contribution in [3.8, 4) is 0 Å². The van der Waals surface area contributed by atoms with Gasteiger partial charge in [0.05, 0.1) is 12.2 Å². The molecule has 20 heavy (non-hydrogen) atoms. The second-order valence-electron chi connectivity index (χ2n) is 8.16. The molecule has 0 spiro atoms. The summed E-state index contributed by atoms with van der Waals surface area (Å²) in [6.45, 7) is 10.8. The van der Waals surface area contributed by atoms with Crippen LogP contribution in [0.2, 0.25) is 0 Å². The van der Waals surface area contributed by atoms with Crippen LogP contribution in [-0.2, 0) is 9.47 Å². The largest absolute Gasteiger partial charge is 0.381 e. The minimum Gasteiger partial charge on any atom is -0.381 e. The Morgan fingerprint density at radius 3 is 2.60 bits per heavy atom. The van der Waals surface area contributed by atoms with Crippen LogP contribution in [0.3, 0.4) is 0 Å². The normalized spacial score (nSPS) is 48.3. The van der Waals surface area contributed by atoms with Crippen LogP contribution in [-0.4, -0.2) is 44.1 Å². The number of nitrogens with two attached hydrogens (primary N) is 1. The molecule has 0 aromatic rings. The highest BCUT2D eigenvalue weighted by molar-refractivity contribution is 5.22. The van der Waals surface area contributed by atoms with Gasteiger partial charge in [-0.05, 0) is 12.8 Å². The number of nitrogens with one attached hydrogen (secondary N) is 1. The Balaban J connectivity index is 1.62. The molecule has 5 unspecified atom stereocenters. The lowest BCUT2D eigenvalue weighted by atomic mass is 9.48. The van der Waals surface area contributed by atoms with Gasteiger partial charge < -0.3 is 20.5 Å². The van der Waals surface area contributed by atoms with Gasteiger partial charge in [0.2, 0.25) is 0 Å².